The summed E-state index contributed by atoms with van der Waals surface area (Å²) in [4.78, 5) is 24.5. The lowest BCUT2D eigenvalue weighted by molar-refractivity contribution is -0.137. The van der Waals surface area contributed by atoms with Crippen molar-refractivity contribution in [3.05, 3.63) is 0 Å². The minimum absolute atomic E-state index is 0.00588. The van der Waals surface area contributed by atoms with Gasteiger partial charge in [0.05, 0.1) is 6.04 Å². The van der Waals surface area contributed by atoms with Gasteiger partial charge in [0.25, 0.3) is 0 Å². The van der Waals surface area contributed by atoms with Gasteiger partial charge in [-0.1, -0.05) is 41.5 Å². The highest BCUT2D eigenvalue weighted by molar-refractivity contribution is 5.87. The van der Waals surface area contributed by atoms with E-state index in [0.29, 0.717) is 6.54 Å². The Balaban J connectivity index is 0.00000121. The first kappa shape index (κ1) is 16.1. The molecule has 0 aromatic heterocycles. The van der Waals surface area contributed by atoms with Crippen LogP contribution < -0.4 is 0 Å². The summed E-state index contributed by atoms with van der Waals surface area (Å²) in [6, 6.07) is -0.203. The molecule has 1 aliphatic rings. The summed E-state index contributed by atoms with van der Waals surface area (Å²) in [6.07, 6.45) is 2.59. The summed E-state index contributed by atoms with van der Waals surface area (Å²) in [5, 5.41) is 0. The van der Waals surface area contributed by atoms with Gasteiger partial charge in [0.15, 0.2) is 5.78 Å². The zero-order valence-electron chi connectivity index (χ0n) is 12.1. The van der Waals surface area contributed by atoms with Crippen molar-refractivity contribution in [3.8, 4) is 0 Å². The average Bonchev–Trinajstić information content (AvgIpc) is 2.29. The van der Waals surface area contributed by atoms with Crippen molar-refractivity contribution < 1.29 is 9.59 Å². The molecule has 0 aromatic carbocycles. The summed E-state index contributed by atoms with van der Waals surface area (Å²) in [6.45, 7) is 12.8. The van der Waals surface area contributed by atoms with Crippen molar-refractivity contribution in [1.82, 2.24) is 4.90 Å². The molecule has 0 saturated carbocycles. The molecule has 1 fully saturated rings. The average molecular weight is 241 g/mol. The Morgan fingerprint density at radius 3 is 2.29 bits per heavy atom. The molecule has 100 valence electrons. The summed E-state index contributed by atoms with van der Waals surface area (Å²) < 4.78 is 0. The van der Waals surface area contributed by atoms with Gasteiger partial charge in [-0.3, -0.25) is 9.59 Å². The third kappa shape index (κ3) is 4.49. The molecule has 1 rings (SSSR count). The smallest absolute Gasteiger partial charge is 0.210 e. The van der Waals surface area contributed by atoms with Crippen molar-refractivity contribution >= 4 is 12.2 Å². The Bertz CT molecular complexity index is 259. The molecule has 1 saturated heterocycles. The van der Waals surface area contributed by atoms with E-state index in [1.54, 1.807) is 4.90 Å². The molecule has 0 radical (unpaired) electrons. The molecule has 3 heteroatoms. The molecule has 1 unspecified atom stereocenters. The molecule has 1 aliphatic heterocycles. The number of nitrogens with zero attached hydrogens (tertiary/aromatic N) is 1. The number of amides is 1. The Hall–Kier alpha value is -0.860. The van der Waals surface area contributed by atoms with Gasteiger partial charge in [-0.05, 0) is 18.3 Å². The van der Waals surface area contributed by atoms with Gasteiger partial charge in [-0.15, -0.1) is 0 Å². The summed E-state index contributed by atoms with van der Waals surface area (Å²) in [5.41, 5.74) is 0.175. The summed E-state index contributed by atoms with van der Waals surface area (Å²) in [7, 11) is 0. The second-order valence-electron chi connectivity index (χ2n) is 5.53. The summed E-state index contributed by atoms with van der Waals surface area (Å²) >= 11 is 0. The maximum Gasteiger partial charge on any atom is 0.210 e. The maximum atomic E-state index is 12.0. The fraction of sp³-hybridized carbons (Fsp3) is 0.857. The molecular weight excluding hydrogens is 214 g/mol. The molecule has 3 nitrogen and oxygen atoms in total. The molecule has 1 amide bonds. The predicted molar refractivity (Wildman–Crippen MR) is 70.8 cm³/mol. The fourth-order valence-electron chi connectivity index (χ4n) is 2.11. The van der Waals surface area contributed by atoms with Crippen LogP contribution in [0.15, 0.2) is 0 Å². The maximum absolute atomic E-state index is 12.0. The van der Waals surface area contributed by atoms with Crippen LogP contribution in [0.25, 0.3) is 0 Å². The third-order valence-corrected chi connectivity index (χ3v) is 3.23. The lowest BCUT2D eigenvalue weighted by Crippen LogP contribution is -2.49. The molecule has 0 aromatic rings. The lowest BCUT2D eigenvalue weighted by atomic mass is 9.76. The van der Waals surface area contributed by atoms with Crippen LogP contribution >= 0.6 is 0 Å². The van der Waals surface area contributed by atoms with E-state index in [-0.39, 0.29) is 23.2 Å². The Morgan fingerprint density at radius 1 is 1.35 bits per heavy atom. The minimum atomic E-state index is -0.203. The van der Waals surface area contributed by atoms with Crippen molar-refractivity contribution in [1.29, 1.82) is 0 Å². The Morgan fingerprint density at radius 2 is 1.88 bits per heavy atom. The molecular formula is C14H27NO2. The van der Waals surface area contributed by atoms with Crippen molar-refractivity contribution in [2.45, 2.75) is 60.4 Å². The van der Waals surface area contributed by atoms with E-state index in [2.05, 4.69) is 13.8 Å². The largest absolute Gasteiger partial charge is 0.335 e. The van der Waals surface area contributed by atoms with Crippen molar-refractivity contribution in [3.63, 3.8) is 0 Å². The van der Waals surface area contributed by atoms with Gasteiger partial charge in [-0.25, -0.2) is 0 Å². The number of hydrogen-bond acceptors (Lipinski definition) is 2. The molecule has 0 spiro atoms. The molecule has 1 atom stereocenters. The van der Waals surface area contributed by atoms with E-state index in [1.165, 1.54) is 0 Å². The van der Waals surface area contributed by atoms with E-state index in [0.717, 1.165) is 19.3 Å². The first-order valence-electron chi connectivity index (χ1n) is 6.62. The van der Waals surface area contributed by atoms with E-state index in [1.807, 2.05) is 27.7 Å². The number of carbonyl (C=O) groups is 2. The van der Waals surface area contributed by atoms with Crippen LogP contribution in [-0.2, 0) is 9.59 Å². The number of hydrogen-bond donors (Lipinski definition) is 0. The number of ketones is 1. The van der Waals surface area contributed by atoms with Crippen LogP contribution in [-0.4, -0.2) is 29.7 Å². The minimum Gasteiger partial charge on any atom is -0.335 e. The van der Waals surface area contributed by atoms with Gasteiger partial charge < -0.3 is 4.90 Å². The topological polar surface area (TPSA) is 37.4 Å². The quantitative estimate of drug-likeness (QED) is 0.712. The van der Waals surface area contributed by atoms with Crippen LogP contribution in [0.2, 0.25) is 0 Å². The monoisotopic (exact) mass is 241 g/mol. The van der Waals surface area contributed by atoms with Gasteiger partial charge in [-0.2, -0.15) is 0 Å². The van der Waals surface area contributed by atoms with Crippen molar-refractivity contribution in [2.75, 3.05) is 6.54 Å². The predicted octanol–water partition coefficient (Wildman–Crippen LogP) is 2.88. The first-order valence-corrected chi connectivity index (χ1v) is 6.62. The van der Waals surface area contributed by atoms with E-state index in [9.17, 15) is 9.59 Å². The molecule has 0 aliphatic carbocycles. The van der Waals surface area contributed by atoms with Crippen LogP contribution in [0.3, 0.4) is 0 Å². The Kier molecular flexibility index (Phi) is 6.43. The van der Waals surface area contributed by atoms with Crippen LogP contribution in [0.4, 0.5) is 0 Å². The van der Waals surface area contributed by atoms with Gasteiger partial charge in [0.2, 0.25) is 6.41 Å². The third-order valence-electron chi connectivity index (χ3n) is 3.23. The zero-order valence-corrected chi connectivity index (χ0v) is 12.1. The highest BCUT2D eigenvalue weighted by Gasteiger charge is 2.37. The van der Waals surface area contributed by atoms with Gasteiger partial charge in [0.1, 0.15) is 0 Å². The van der Waals surface area contributed by atoms with Crippen molar-refractivity contribution in [2.24, 2.45) is 11.3 Å². The fourth-order valence-corrected chi connectivity index (χ4v) is 2.11. The lowest BCUT2D eigenvalue weighted by Gasteiger charge is -2.41. The van der Waals surface area contributed by atoms with Crippen LogP contribution in [0.5, 0.6) is 0 Å². The molecule has 0 bridgehead atoms. The Labute approximate surface area is 106 Å². The van der Waals surface area contributed by atoms with E-state index in [4.69, 9.17) is 0 Å². The van der Waals surface area contributed by atoms with E-state index < -0.39 is 0 Å². The van der Waals surface area contributed by atoms with Crippen LogP contribution in [0, 0.1) is 11.3 Å². The second kappa shape index (κ2) is 6.77. The number of carbonyl (C=O) groups excluding carboxylic acids is 2. The highest BCUT2D eigenvalue weighted by atomic mass is 16.1. The zero-order chi connectivity index (χ0) is 13.6. The molecule has 0 N–H and O–H groups in total. The number of Topliss-reactive ketones (excluding diaryl/α,β-unsaturated/α-hetero) is 1. The second-order valence-corrected chi connectivity index (χ2v) is 5.53. The first-order chi connectivity index (χ1) is 7.87. The highest BCUT2D eigenvalue weighted by Crippen LogP contribution is 2.34. The van der Waals surface area contributed by atoms with Gasteiger partial charge in [0, 0.05) is 12.5 Å². The number of piperidine rings is 1. The SMILES string of the molecule is CC.CC(C)C(=O)C1CC(C)(C)CCN1C=O. The van der Waals surface area contributed by atoms with Gasteiger partial charge >= 0.3 is 0 Å². The van der Waals surface area contributed by atoms with Crippen LogP contribution in [0.1, 0.15) is 54.4 Å². The summed E-state index contributed by atoms with van der Waals surface area (Å²) in [5.74, 6) is 0.196. The number of rotatable bonds is 3. The normalized spacial score (nSPS) is 22.8. The molecule has 1 heterocycles. The van der Waals surface area contributed by atoms with E-state index >= 15 is 0 Å². The standard InChI is InChI=1S/C12H21NO2.C2H6/c1-9(2)11(15)10-7-12(3,4)5-6-13(10)8-14;1-2/h8-10H,5-7H2,1-4H3;1-2H3. The molecule has 17 heavy (non-hydrogen) atoms. The number of likely N-dealkylation sites (tertiary alicyclic amines) is 1.